The van der Waals surface area contributed by atoms with E-state index in [1.165, 1.54) is 6.07 Å². The van der Waals surface area contributed by atoms with Gasteiger partial charge in [-0.3, -0.25) is 0 Å². The third kappa shape index (κ3) is 6.58. The van der Waals surface area contributed by atoms with Gasteiger partial charge in [0.2, 0.25) is 0 Å². The fraction of sp³-hybridized carbons (Fsp3) is 0.364. The van der Waals surface area contributed by atoms with Crippen molar-refractivity contribution in [3.05, 3.63) is 23.8 Å². The Morgan fingerprint density at radius 1 is 1.11 bits per heavy atom. The van der Waals surface area contributed by atoms with Crippen LogP contribution in [0.1, 0.15) is 12.8 Å². The molecule has 104 valence electrons. The predicted octanol–water partition coefficient (Wildman–Crippen LogP) is 0.177. The highest BCUT2D eigenvalue weighted by molar-refractivity contribution is 5.92. The molecule has 0 aromatic carbocycles. The molecule has 0 aromatic heterocycles. The molecule has 0 bridgehead atoms. The van der Waals surface area contributed by atoms with Crippen molar-refractivity contribution in [3.63, 3.8) is 0 Å². The van der Waals surface area contributed by atoms with Crippen molar-refractivity contribution in [1.29, 1.82) is 5.26 Å². The summed E-state index contributed by atoms with van der Waals surface area (Å²) in [6, 6.07) is 1.46. The smallest absolute Gasteiger partial charge is 0.357 e. The molecular formula is C11H14N2O6. The van der Waals surface area contributed by atoms with Gasteiger partial charge in [0.15, 0.2) is 11.3 Å². The molecule has 0 spiro atoms. The zero-order valence-corrected chi connectivity index (χ0v) is 10.0. The molecule has 0 fully saturated rings. The molecule has 0 saturated carbocycles. The fourth-order valence-corrected chi connectivity index (χ4v) is 0.875. The van der Waals surface area contributed by atoms with Crippen LogP contribution in [0.3, 0.4) is 0 Å². The number of hydrogen-bond acceptors (Lipinski definition) is 8. The maximum atomic E-state index is 11.1. The van der Waals surface area contributed by atoms with E-state index in [-0.39, 0.29) is 13.2 Å². The van der Waals surface area contributed by atoms with Crippen LogP contribution in [0, 0.1) is 11.3 Å². The average molecular weight is 270 g/mol. The number of carbonyl (C=O) groups is 2. The Labute approximate surface area is 109 Å². The van der Waals surface area contributed by atoms with Crippen molar-refractivity contribution >= 4 is 11.9 Å². The number of nitriles is 1. The van der Waals surface area contributed by atoms with Crippen LogP contribution in [0.2, 0.25) is 0 Å². The number of ether oxygens (including phenoxy) is 2. The van der Waals surface area contributed by atoms with E-state index < -0.39 is 23.2 Å². The van der Waals surface area contributed by atoms with Gasteiger partial charge in [-0.25, -0.2) is 9.59 Å². The van der Waals surface area contributed by atoms with E-state index in [0.717, 1.165) is 0 Å². The molecule has 0 atom stereocenters. The SMILES string of the molecule is N#C/C(=C/O)C(=O)OCCCCOC(=O)/C(N)=C\O. The molecule has 0 aliphatic heterocycles. The summed E-state index contributed by atoms with van der Waals surface area (Å²) in [6.07, 6.45) is 1.61. The van der Waals surface area contributed by atoms with Crippen molar-refractivity contribution in [3.8, 4) is 6.07 Å². The summed E-state index contributed by atoms with van der Waals surface area (Å²) in [5.74, 6) is -1.76. The molecule has 0 radical (unpaired) electrons. The number of nitrogens with two attached hydrogens (primary N) is 1. The summed E-state index contributed by atoms with van der Waals surface area (Å²) in [5.41, 5.74) is 4.17. The molecule has 0 amide bonds. The second-order valence-electron chi connectivity index (χ2n) is 3.22. The van der Waals surface area contributed by atoms with Crippen LogP contribution in [0.15, 0.2) is 23.8 Å². The first-order valence-electron chi connectivity index (χ1n) is 5.25. The number of nitrogens with zero attached hydrogens (tertiary/aromatic N) is 1. The van der Waals surface area contributed by atoms with Crippen molar-refractivity contribution in [2.45, 2.75) is 12.8 Å². The van der Waals surface area contributed by atoms with Crippen LogP contribution in [-0.4, -0.2) is 35.4 Å². The van der Waals surface area contributed by atoms with Gasteiger partial charge in [-0.2, -0.15) is 5.26 Å². The minimum atomic E-state index is -0.922. The summed E-state index contributed by atoms with van der Waals surface area (Å²) in [5, 5.41) is 25.3. The molecule has 0 aliphatic carbocycles. The first-order valence-corrected chi connectivity index (χ1v) is 5.25. The Hall–Kier alpha value is -2.69. The topological polar surface area (TPSA) is 143 Å². The lowest BCUT2D eigenvalue weighted by Crippen LogP contribution is -2.15. The van der Waals surface area contributed by atoms with E-state index in [2.05, 4.69) is 9.47 Å². The molecule has 8 nitrogen and oxygen atoms in total. The molecule has 0 rings (SSSR count). The Bertz CT molecular complexity index is 421. The minimum Gasteiger partial charge on any atom is -0.514 e. The summed E-state index contributed by atoms with van der Waals surface area (Å²) >= 11 is 0. The highest BCUT2D eigenvalue weighted by atomic mass is 16.5. The number of hydrogen-bond donors (Lipinski definition) is 3. The van der Waals surface area contributed by atoms with Crippen LogP contribution in [0.4, 0.5) is 0 Å². The van der Waals surface area contributed by atoms with Gasteiger partial charge in [0.1, 0.15) is 18.6 Å². The molecule has 0 saturated heterocycles. The third-order valence-corrected chi connectivity index (χ3v) is 1.85. The maximum Gasteiger partial charge on any atom is 0.357 e. The van der Waals surface area contributed by atoms with Crippen molar-refractivity contribution in [2.75, 3.05) is 13.2 Å². The number of rotatable bonds is 7. The zero-order chi connectivity index (χ0) is 14.7. The van der Waals surface area contributed by atoms with Gasteiger partial charge in [0.05, 0.1) is 13.2 Å². The summed E-state index contributed by atoms with van der Waals surface area (Å²) in [7, 11) is 0. The maximum absolute atomic E-state index is 11.1. The molecule has 0 aliphatic rings. The Kier molecular flexibility index (Phi) is 8.03. The number of carbonyl (C=O) groups excluding carboxylic acids is 2. The second-order valence-corrected chi connectivity index (χ2v) is 3.22. The van der Waals surface area contributed by atoms with Crippen LogP contribution >= 0.6 is 0 Å². The van der Waals surface area contributed by atoms with Crippen molar-refractivity contribution in [2.24, 2.45) is 5.73 Å². The van der Waals surface area contributed by atoms with Crippen LogP contribution in [-0.2, 0) is 19.1 Å². The first-order chi connectivity index (χ1) is 9.06. The molecule has 0 aromatic rings. The predicted molar refractivity (Wildman–Crippen MR) is 62.4 cm³/mol. The van der Waals surface area contributed by atoms with Crippen molar-refractivity contribution < 1.29 is 29.3 Å². The third-order valence-electron chi connectivity index (χ3n) is 1.85. The first kappa shape index (κ1) is 16.3. The van der Waals surface area contributed by atoms with Gasteiger partial charge in [0, 0.05) is 0 Å². The van der Waals surface area contributed by atoms with E-state index in [4.69, 9.17) is 21.2 Å². The van der Waals surface area contributed by atoms with Gasteiger partial charge in [-0.05, 0) is 12.8 Å². The molecular weight excluding hydrogens is 256 g/mol. The Balaban J connectivity index is 3.71. The summed E-state index contributed by atoms with van der Waals surface area (Å²) < 4.78 is 9.31. The zero-order valence-electron chi connectivity index (χ0n) is 10.0. The van der Waals surface area contributed by atoms with Gasteiger partial charge in [-0.15, -0.1) is 0 Å². The van der Waals surface area contributed by atoms with Crippen LogP contribution in [0.5, 0.6) is 0 Å². The Morgan fingerprint density at radius 3 is 2.05 bits per heavy atom. The molecule has 19 heavy (non-hydrogen) atoms. The van der Waals surface area contributed by atoms with Gasteiger partial charge >= 0.3 is 11.9 Å². The fourth-order valence-electron chi connectivity index (χ4n) is 0.875. The molecule has 8 heteroatoms. The highest BCUT2D eigenvalue weighted by Crippen LogP contribution is 1.99. The minimum absolute atomic E-state index is 0.0146. The second kappa shape index (κ2) is 9.35. The number of esters is 2. The molecule has 0 unspecified atom stereocenters. The van der Waals surface area contributed by atoms with E-state index in [0.29, 0.717) is 25.4 Å². The van der Waals surface area contributed by atoms with Gasteiger partial charge in [0.25, 0.3) is 0 Å². The lowest BCUT2D eigenvalue weighted by atomic mass is 10.3. The molecule has 4 N–H and O–H groups in total. The van der Waals surface area contributed by atoms with E-state index in [1.807, 2.05) is 0 Å². The van der Waals surface area contributed by atoms with Crippen molar-refractivity contribution in [1.82, 2.24) is 0 Å². The standard InChI is InChI=1S/C11H14N2O6/c12-5-8(6-14)10(16)18-3-1-2-4-19-11(17)9(13)7-15/h6-7,14-15H,1-4,13H2/b8-6-,9-7+. The lowest BCUT2D eigenvalue weighted by molar-refractivity contribution is -0.141. The number of aliphatic hydroxyl groups is 2. The monoisotopic (exact) mass is 270 g/mol. The largest absolute Gasteiger partial charge is 0.514 e. The highest BCUT2D eigenvalue weighted by Gasteiger charge is 2.10. The quantitative estimate of drug-likeness (QED) is 0.195. The van der Waals surface area contributed by atoms with E-state index in [9.17, 15) is 9.59 Å². The summed E-state index contributed by atoms with van der Waals surface area (Å²) in [4.78, 5) is 22.0. The number of aliphatic hydroxyl groups excluding tert-OH is 2. The van der Waals surface area contributed by atoms with Crippen LogP contribution in [0.25, 0.3) is 0 Å². The van der Waals surface area contributed by atoms with E-state index >= 15 is 0 Å². The summed E-state index contributed by atoms with van der Waals surface area (Å²) in [6.45, 7) is 0.0621. The van der Waals surface area contributed by atoms with E-state index in [1.54, 1.807) is 0 Å². The average Bonchev–Trinajstić information content (AvgIpc) is 2.42. The normalized spacial score (nSPS) is 11.5. The van der Waals surface area contributed by atoms with Gasteiger partial charge in [-0.1, -0.05) is 0 Å². The van der Waals surface area contributed by atoms with Gasteiger partial charge < -0.3 is 25.4 Å². The Morgan fingerprint density at radius 2 is 1.63 bits per heavy atom. The lowest BCUT2D eigenvalue weighted by Gasteiger charge is -2.05. The molecule has 0 heterocycles. The number of unbranched alkanes of at least 4 members (excludes halogenated alkanes) is 1. The van der Waals surface area contributed by atoms with Crippen LogP contribution < -0.4 is 5.73 Å².